The average Bonchev–Trinajstić information content (AvgIpc) is 3.15. The largest absolute Gasteiger partial charge is 0.490 e. The van der Waals surface area contributed by atoms with Gasteiger partial charge in [-0.1, -0.05) is 17.3 Å². The van der Waals surface area contributed by atoms with Crippen molar-refractivity contribution in [3.05, 3.63) is 46.3 Å². The van der Waals surface area contributed by atoms with Gasteiger partial charge in [-0.15, -0.1) is 5.10 Å². The molecule has 10 heteroatoms. The summed E-state index contributed by atoms with van der Waals surface area (Å²) in [7, 11) is 0. The van der Waals surface area contributed by atoms with Crippen molar-refractivity contribution in [2.45, 2.75) is 59.5 Å². The Kier molecular flexibility index (Phi) is 8.58. The summed E-state index contributed by atoms with van der Waals surface area (Å²) in [6, 6.07) is 4.66. The zero-order chi connectivity index (χ0) is 23.2. The Bertz CT molecular complexity index is 875. The first-order valence-electron chi connectivity index (χ1n) is 10.1. The second kappa shape index (κ2) is 10.7. The second-order valence-electron chi connectivity index (χ2n) is 7.98. The van der Waals surface area contributed by atoms with Gasteiger partial charge in [-0.3, -0.25) is 9.58 Å². The molecule has 3 rings (SSSR count). The molecule has 1 aromatic carbocycles. The number of likely N-dealkylation sites (tertiary alicyclic amines) is 1. The quantitative estimate of drug-likeness (QED) is 0.739. The van der Waals surface area contributed by atoms with E-state index in [0.717, 1.165) is 26.2 Å². The lowest BCUT2D eigenvalue weighted by molar-refractivity contribution is -0.192. The van der Waals surface area contributed by atoms with Crippen molar-refractivity contribution in [3.8, 4) is 0 Å². The van der Waals surface area contributed by atoms with Crippen LogP contribution in [0.25, 0.3) is 0 Å². The van der Waals surface area contributed by atoms with Gasteiger partial charge in [0.1, 0.15) is 5.69 Å². The fourth-order valence-electron chi connectivity index (χ4n) is 3.52. The molecule has 0 aliphatic carbocycles. The molecule has 1 aliphatic rings. The number of aromatic nitrogens is 3. The maximum atomic E-state index is 10.6. The number of hydrogen-bond acceptors (Lipinski definition) is 5. The number of piperidine rings is 1. The number of carbonyl (C=O) groups is 1. The van der Waals surface area contributed by atoms with Crippen molar-refractivity contribution in [2.24, 2.45) is 5.92 Å². The summed E-state index contributed by atoms with van der Waals surface area (Å²) < 4.78 is 33.6. The van der Waals surface area contributed by atoms with Crippen LogP contribution in [0.2, 0.25) is 0 Å². The van der Waals surface area contributed by atoms with E-state index in [1.165, 1.54) is 35.1 Å². The summed E-state index contributed by atoms with van der Waals surface area (Å²) >= 11 is 0. The van der Waals surface area contributed by atoms with Gasteiger partial charge in [-0.2, -0.15) is 13.2 Å². The minimum Gasteiger partial charge on any atom is -0.475 e. The lowest BCUT2D eigenvalue weighted by Gasteiger charge is -2.32. The SMILES string of the molecule is Cc1cc(C)c(CN2CCC(Cn3cc(CO)nn3)CC2)cc1C.O=C(O)C(F)(F)F. The molecule has 1 saturated heterocycles. The van der Waals surface area contributed by atoms with E-state index in [4.69, 9.17) is 15.0 Å². The van der Waals surface area contributed by atoms with Crippen molar-refractivity contribution in [2.75, 3.05) is 13.1 Å². The Balaban J connectivity index is 0.000000423. The van der Waals surface area contributed by atoms with Crippen molar-refractivity contribution < 1.29 is 28.2 Å². The van der Waals surface area contributed by atoms with Gasteiger partial charge in [0, 0.05) is 13.1 Å². The van der Waals surface area contributed by atoms with Gasteiger partial charge < -0.3 is 10.2 Å². The van der Waals surface area contributed by atoms with Gasteiger partial charge in [0.25, 0.3) is 0 Å². The van der Waals surface area contributed by atoms with E-state index >= 15 is 0 Å². The van der Waals surface area contributed by atoms with Gasteiger partial charge in [-0.25, -0.2) is 4.79 Å². The lowest BCUT2D eigenvalue weighted by atomic mass is 9.95. The molecule has 31 heavy (non-hydrogen) atoms. The predicted molar refractivity (Wildman–Crippen MR) is 108 cm³/mol. The van der Waals surface area contributed by atoms with Gasteiger partial charge >= 0.3 is 12.1 Å². The summed E-state index contributed by atoms with van der Waals surface area (Å²) in [5, 5.41) is 24.2. The molecule has 1 aliphatic heterocycles. The minimum absolute atomic E-state index is 0.0340. The molecule has 0 amide bonds. The van der Waals surface area contributed by atoms with E-state index in [1.54, 1.807) is 0 Å². The molecule has 7 nitrogen and oxygen atoms in total. The van der Waals surface area contributed by atoms with Gasteiger partial charge in [-0.05, 0) is 74.9 Å². The van der Waals surface area contributed by atoms with Crippen LogP contribution in [0.4, 0.5) is 13.2 Å². The molecule has 2 N–H and O–H groups in total. The zero-order valence-corrected chi connectivity index (χ0v) is 18.0. The summed E-state index contributed by atoms with van der Waals surface area (Å²) in [6.07, 6.45) is -0.846. The van der Waals surface area contributed by atoms with E-state index in [1.807, 2.05) is 10.9 Å². The lowest BCUT2D eigenvalue weighted by Crippen LogP contribution is -2.34. The average molecular weight is 442 g/mol. The molecule has 1 aromatic heterocycles. The topological polar surface area (TPSA) is 91.5 Å². The third-order valence-corrected chi connectivity index (χ3v) is 5.49. The number of aliphatic hydroxyl groups excluding tert-OH is 1. The van der Waals surface area contributed by atoms with E-state index in [0.29, 0.717) is 11.6 Å². The number of halogens is 3. The molecule has 0 bridgehead atoms. The highest BCUT2D eigenvalue weighted by Crippen LogP contribution is 2.23. The second-order valence-corrected chi connectivity index (χ2v) is 7.98. The van der Waals surface area contributed by atoms with E-state index < -0.39 is 12.1 Å². The van der Waals surface area contributed by atoms with Crippen LogP contribution >= 0.6 is 0 Å². The highest BCUT2D eigenvalue weighted by atomic mass is 19.4. The van der Waals surface area contributed by atoms with Crippen LogP contribution in [0.1, 0.15) is 40.8 Å². The Morgan fingerprint density at radius 3 is 2.23 bits per heavy atom. The standard InChI is InChI=1S/C19H28N4O.C2HF3O2/c1-14-8-16(3)18(9-15(14)2)11-22-6-4-17(5-7-22)10-23-12-19(13-24)20-21-23;3-2(4,5)1(6)7/h8-9,12,17,24H,4-7,10-11,13H2,1-3H3;(H,6,7). The number of aryl methyl sites for hydroxylation is 3. The predicted octanol–water partition coefficient (Wildman–Crippen LogP) is 3.24. The van der Waals surface area contributed by atoms with E-state index in [2.05, 4.69) is 48.1 Å². The Hall–Kier alpha value is -2.46. The van der Waals surface area contributed by atoms with Crippen molar-refractivity contribution in [3.63, 3.8) is 0 Å². The highest BCUT2D eigenvalue weighted by molar-refractivity contribution is 5.73. The number of rotatable bonds is 5. The molecule has 0 unspecified atom stereocenters. The number of benzene rings is 1. The first-order chi connectivity index (χ1) is 14.5. The molecule has 0 spiro atoms. The Labute approximate surface area is 179 Å². The maximum absolute atomic E-state index is 10.6. The van der Waals surface area contributed by atoms with Crippen LogP contribution in [-0.4, -0.2) is 55.3 Å². The first kappa shape index (κ1) is 24.8. The summed E-state index contributed by atoms with van der Waals surface area (Å²) in [5.74, 6) is -2.11. The smallest absolute Gasteiger partial charge is 0.475 e. The van der Waals surface area contributed by atoms with Crippen molar-refractivity contribution >= 4 is 5.97 Å². The van der Waals surface area contributed by atoms with Crippen LogP contribution < -0.4 is 0 Å². The molecule has 2 aromatic rings. The molecule has 0 atom stereocenters. The monoisotopic (exact) mass is 442 g/mol. The van der Waals surface area contributed by atoms with Gasteiger partial charge in [0.05, 0.1) is 12.8 Å². The zero-order valence-electron chi connectivity index (χ0n) is 18.0. The maximum Gasteiger partial charge on any atom is 0.490 e. The number of hydrogen-bond donors (Lipinski definition) is 2. The van der Waals surface area contributed by atoms with Crippen LogP contribution in [0.15, 0.2) is 18.3 Å². The van der Waals surface area contributed by atoms with Crippen molar-refractivity contribution in [1.29, 1.82) is 0 Å². The minimum atomic E-state index is -5.08. The normalized spacial score (nSPS) is 15.5. The van der Waals surface area contributed by atoms with Crippen LogP contribution in [0, 0.1) is 26.7 Å². The number of carboxylic acids is 1. The summed E-state index contributed by atoms with van der Waals surface area (Å²) in [5.41, 5.74) is 6.28. The number of aliphatic carboxylic acids is 1. The van der Waals surface area contributed by atoms with Crippen LogP contribution in [0.3, 0.4) is 0 Å². The molecule has 1 fully saturated rings. The number of alkyl halides is 3. The van der Waals surface area contributed by atoms with E-state index in [-0.39, 0.29) is 6.61 Å². The Morgan fingerprint density at radius 2 is 1.71 bits per heavy atom. The molecule has 0 saturated carbocycles. The van der Waals surface area contributed by atoms with Crippen LogP contribution in [-0.2, 0) is 24.5 Å². The van der Waals surface area contributed by atoms with E-state index in [9.17, 15) is 13.2 Å². The molecule has 2 heterocycles. The summed E-state index contributed by atoms with van der Waals surface area (Å²) in [6.45, 7) is 10.8. The Morgan fingerprint density at radius 1 is 1.13 bits per heavy atom. The fraction of sp³-hybridized carbons (Fsp3) is 0.571. The van der Waals surface area contributed by atoms with Crippen molar-refractivity contribution in [1.82, 2.24) is 19.9 Å². The number of nitrogens with zero attached hydrogens (tertiary/aromatic N) is 4. The fourth-order valence-corrected chi connectivity index (χ4v) is 3.52. The summed E-state index contributed by atoms with van der Waals surface area (Å²) in [4.78, 5) is 11.5. The molecular formula is C21H29F3N4O3. The number of aliphatic hydroxyl groups is 1. The number of carboxylic acid groups (broad SMARTS) is 1. The molecule has 172 valence electrons. The first-order valence-corrected chi connectivity index (χ1v) is 10.1. The van der Waals surface area contributed by atoms with Gasteiger partial charge in [0.15, 0.2) is 0 Å². The molecular weight excluding hydrogens is 413 g/mol. The molecule has 0 radical (unpaired) electrons. The highest BCUT2D eigenvalue weighted by Gasteiger charge is 2.38. The van der Waals surface area contributed by atoms with Gasteiger partial charge in [0.2, 0.25) is 0 Å². The third-order valence-electron chi connectivity index (χ3n) is 5.49. The van der Waals surface area contributed by atoms with Crippen LogP contribution in [0.5, 0.6) is 0 Å². The third kappa shape index (κ3) is 7.62.